The maximum atomic E-state index is 12.8. The van der Waals surface area contributed by atoms with Gasteiger partial charge in [-0.1, -0.05) is 6.07 Å². The lowest BCUT2D eigenvalue weighted by Gasteiger charge is -2.05. The summed E-state index contributed by atoms with van der Waals surface area (Å²) in [5.41, 5.74) is 5.88. The van der Waals surface area contributed by atoms with Crippen molar-refractivity contribution in [2.45, 2.75) is 0 Å². The van der Waals surface area contributed by atoms with Gasteiger partial charge in [-0.15, -0.1) is 0 Å². The molecule has 1 heterocycles. The van der Waals surface area contributed by atoms with Gasteiger partial charge in [0.1, 0.15) is 5.75 Å². The van der Waals surface area contributed by atoms with Gasteiger partial charge >= 0.3 is 0 Å². The molecule has 0 bridgehead atoms. The predicted octanol–water partition coefficient (Wildman–Crippen LogP) is 1.65. The fourth-order valence-electron chi connectivity index (χ4n) is 1.15. The fourth-order valence-corrected chi connectivity index (χ4v) is 1.15. The maximum absolute atomic E-state index is 12.8. The van der Waals surface area contributed by atoms with Gasteiger partial charge < -0.3 is 16.2 Å². The number of nitrogens with one attached hydrogen (secondary N) is 1. The van der Waals surface area contributed by atoms with Crippen molar-refractivity contribution in [2.75, 3.05) is 11.1 Å². The second-order valence-corrected chi connectivity index (χ2v) is 3.10. The molecule has 0 atom stereocenters. The van der Waals surface area contributed by atoms with Gasteiger partial charge in [-0.2, -0.15) is 4.98 Å². The summed E-state index contributed by atoms with van der Waals surface area (Å²) in [6.45, 7) is 0. The summed E-state index contributed by atoms with van der Waals surface area (Å²) in [5.74, 6) is -0.608. The highest BCUT2D eigenvalue weighted by Gasteiger charge is 2.03. The molecule has 4 N–H and O–H groups in total. The Morgan fingerprint density at radius 2 is 2.19 bits per heavy atom. The summed E-state index contributed by atoms with van der Waals surface area (Å²) in [6.07, 6.45) is 0.980. The number of hydrogen-bond donors (Lipinski definition) is 3. The van der Waals surface area contributed by atoms with Crippen molar-refractivity contribution in [3.05, 3.63) is 36.3 Å². The summed E-state index contributed by atoms with van der Waals surface area (Å²) in [7, 11) is 0. The van der Waals surface area contributed by atoms with Gasteiger partial charge in [0.15, 0.2) is 11.6 Å². The molecule has 0 fully saturated rings. The minimum atomic E-state index is -0.665. The normalized spacial score (nSPS) is 10.1. The molecule has 2 aromatic rings. The predicted molar refractivity (Wildman–Crippen MR) is 57.8 cm³/mol. The number of aromatic nitrogens is 2. The number of hydrogen-bond acceptors (Lipinski definition) is 5. The smallest absolute Gasteiger partial charge is 0.229 e. The van der Waals surface area contributed by atoms with Crippen molar-refractivity contribution < 1.29 is 9.50 Å². The molecule has 5 nitrogen and oxygen atoms in total. The monoisotopic (exact) mass is 220 g/mol. The quantitative estimate of drug-likeness (QED) is 0.716. The van der Waals surface area contributed by atoms with Crippen LogP contribution < -0.4 is 11.1 Å². The fraction of sp³-hybridized carbons (Fsp3) is 0. The number of nitrogens with two attached hydrogens (primary N) is 1. The first-order chi connectivity index (χ1) is 7.65. The molecule has 0 saturated carbocycles. The van der Waals surface area contributed by atoms with Crippen LogP contribution >= 0.6 is 0 Å². The zero-order chi connectivity index (χ0) is 11.5. The minimum absolute atomic E-state index is 0.111. The minimum Gasteiger partial charge on any atom is -0.508 e. The largest absolute Gasteiger partial charge is 0.508 e. The second-order valence-electron chi connectivity index (χ2n) is 3.10. The molecule has 2 rings (SSSR count). The molecule has 0 aliphatic carbocycles. The van der Waals surface area contributed by atoms with E-state index < -0.39 is 5.82 Å². The Bertz CT molecular complexity index is 518. The third kappa shape index (κ3) is 2.17. The first-order valence-electron chi connectivity index (χ1n) is 4.49. The Kier molecular flexibility index (Phi) is 2.55. The Balaban J connectivity index is 2.24. The first-order valence-corrected chi connectivity index (χ1v) is 4.49. The summed E-state index contributed by atoms with van der Waals surface area (Å²) < 4.78 is 12.8. The van der Waals surface area contributed by atoms with Crippen LogP contribution in [0, 0.1) is 5.82 Å². The third-order valence-electron chi connectivity index (χ3n) is 1.87. The van der Waals surface area contributed by atoms with E-state index >= 15 is 0 Å². The molecule has 0 radical (unpaired) electrons. The second kappa shape index (κ2) is 4.01. The Hall–Kier alpha value is -2.37. The lowest BCUT2D eigenvalue weighted by atomic mass is 10.3. The van der Waals surface area contributed by atoms with Crippen molar-refractivity contribution in [2.24, 2.45) is 0 Å². The summed E-state index contributed by atoms with van der Waals surface area (Å²) in [5, 5.41) is 12.0. The first kappa shape index (κ1) is 10.2. The average molecular weight is 220 g/mol. The van der Waals surface area contributed by atoms with E-state index in [0.717, 1.165) is 6.20 Å². The molecule has 16 heavy (non-hydrogen) atoms. The summed E-state index contributed by atoms with van der Waals surface area (Å²) in [6, 6.07) is 6.39. The number of benzene rings is 1. The van der Waals surface area contributed by atoms with E-state index in [0.29, 0.717) is 5.69 Å². The van der Waals surface area contributed by atoms with Crippen LogP contribution in [0.15, 0.2) is 30.5 Å². The summed E-state index contributed by atoms with van der Waals surface area (Å²) in [4.78, 5) is 7.40. The zero-order valence-electron chi connectivity index (χ0n) is 8.18. The van der Waals surface area contributed by atoms with E-state index in [1.165, 1.54) is 12.1 Å². The highest BCUT2D eigenvalue weighted by Crippen LogP contribution is 2.18. The van der Waals surface area contributed by atoms with Crippen molar-refractivity contribution in [1.82, 2.24) is 9.97 Å². The van der Waals surface area contributed by atoms with Gasteiger partial charge in [0.25, 0.3) is 0 Å². The van der Waals surface area contributed by atoms with E-state index in [2.05, 4.69) is 15.3 Å². The Labute approximate surface area is 90.8 Å². The number of nitrogen functional groups attached to an aromatic ring is 1. The van der Waals surface area contributed by atoms with Crippen LogP contribution in [0.5, 0.6) is 5.75 Å². The van der Waals surface area contributed by atoms with Crippen LogP contribution in [-0.2, 0) is 0 Å². The van der Waals surface area contributed by atoms with Gasteiger partial charge in [-0.3, -0.25) is 0 Å². The lowest BCUT2D eigenvalue weighted by molar-refractivity contribution is 0.475. The molecule has 0 saturated heterocycles. The third-order valence-corrected chi connectivity index (χ3v) is 1.87. The standard InChI is InChI=1S/C10H9FN4O/c11-8-5-13-10(15-9(8)12)14-6-2-1-3-7(16)4-6/h1-5,16H,(H3,12,13,14,15). The molecule has 0 spiro atoms. The van der Waals surface area contributed by atoms with Crippen molar-refractivity contribution in [3.8, 4) is 5.75 Å². The maximum Gasteiger partial charge on any atom is 0.229 e. The lowest BCUT2D eigenvalue weighted by Crippen LogP contribution is -2.02. The van der Waals surface area contributed by atoms with E-state index in [4.69, 9.17) is 5.73 Å². The van der Waals surface area contributed by atoms with Crippen molar-refractivity contribution >= 4 is 17.5 Å². The van der Waals surface area contributed by atoms with E-state index in [1.807, 2.05) is 0 Å². The Morgan fingerprint density at radius 3 is 2.88 bits per heavy atom. The van der Waals surface area contributed by atoms with E-state index in [1.54, 1.807) is 12.1 Å². The topological polar surface area (TPSA) is 84.1 Å². The zero-order valence-corrected chi connectivity index (χ0v) is 8.18. The number of anilines is 3. The summed E-state index contributed by atoms with van der Waals surface area (Å²) >= 11 is 0. The van der Waals surface area contributed by atoms with Crippen LogP contribution in [-0.4, -0.2) is 15.1 Å². The molecule has 0 amide bonds. The van der Waals surface area contributed by atoms with Crippen LogP contribution in [0.3, 0.4) is 0 Å². The highest BCUT2D eigenvalue weighted by molar-refractivity contribution is 5.56. The molecule has 1 aromatic heterocycles. The number of rotatable bonds is 2. The number of halogens is 1. The van der Waals surface area contributed by atoms with E-state index in [9.17, 15) is 9.50 Å². The molecular formula is C10H9FN4O. The average Bonchev–Trinajstić information content (AvgIpc) is 2.24. The van der Waals surface area contributed by atoms with Crippen molar-refractivity contribution in [1.29, 1.82) is 0 Å². The number of nitrogens with zero attached hydrogens (tertiary/aromatic N) is 2. The van der Waals surface area contributed by atoms with Crippen LogP contribution in [0.25, 0.3) is 0 Å². The van der Waals surface area contributed by atoms with Crippen LogP contribution in [0.1, 0.15) is 0 Å². The van der Waals surface area contributed by atoms with Crippen LogP contribution in [0.2, 0.25) is 0 Å². The number of phenolic OH excluding ortho intramolecular Hbond substituents is 1. The van der Waals surface area contributed by atoms with Gasteiger partial charge in [-0.25, -0.2) is 9.37 Å². The SMILES string of the molecule is Nc1nc(Nc2cccc(O)c2)ncc1F. The molecular weight excluding hydrogens is 211 g/mol. The molecule has 0 aliphatic heterocycles. The number of phenols is 1. The molecule has 0 aliphatic rings. The van der Waals surface area contributed by atoms with Gasteiger partial charge in [0, 0.05) is 11.8 Å². The molecule has 0 unspecified atom stereocenters. The van der Waals surface area contributed by atoms with Gasteiger partial charge in [0.05, 0.1) is 6.20 Å². The van der Waals surface area contributed by atoms with E-state index in [-0.39, 0.29) is 17.5 Å². The highest BCUT2D eigenvalue weighted by atomic mass is 19.1. The van der Waals surface area contributed by atoms with Gasteiger partial charge in [-0.05, 0) is 12.1 Å². The molecule has 82 valence electrons. The van der Waals surface area contributed by atoms with Gasteiger partial charge in [0.2, 0.25) is 5.95 Å². The Morgan fingerprint density at radius 1 is 1.38 bits per heavy atom. The molecule has 6 heteroatoms. The van der Waals surface area contributed by atoms with Crippen molar-refractivity contribution in [3.63, 3.8) is 0 Å². The van der Waals surface area contributed by atoms with Crippen LogP contribution in [0.4, 0.5) is 21.8 Å². The number of aromatic hydroxyl groups is 1. The molecule has 1 aromatic carbocycles.